The highest BCUT2D eigenvalue weighted by atomic mass is 16.6. The molecule has 0 aliphatic heterocycles. The molecule has 5 heteroatoms. The second kappa shape index (κ2) is 4.75. The highest BCUT2D eigenvalue weighted by molar-refractivity contribution is 5.86. The topological polar surface area (TPSA) is 61.6 Å². The fraction of sp³-hybridized carbons (Fsp3) is 0.750. The molecule has 0 radical (unpaired) electrons. The second-order valence-electron chi connectivity index (χ2n) is 6.94. The fourth-order valence-corrected chi connectivity index (χ4v) is 4.04. The molecule has 2 aliphatic carbocycles. The number of carbonyl (C=O) groups is 1. The summed E-state index contributed by atoms with van der Waals surface area (Å²) in [5.74, 6) is 0.211. The number of fused-ring (bicyclic) bond motifs is 2. The molecule has 3 rings (SSSR count). The molecule has 3 unspecified atom stereocenters. The van der Waals surface area contributed by atoms with Gasteiger partial charge in [-0.2, -0.15) is 4.98 Å². The molecule has 1 aromatic heterocycles. The van der Waals surface area contributed by atoms with Crippen LogP contribution in [0.15, 0.2) is 10.7 Å². The molecule has 116 valence electrons. The first-order valence-corrected chi connectivity index (χ1v) is 7.68. The lowest BCUT2D eigenvalue weighted by Gasteiger charge is -2.38. The van der Waals surface area contributed by atoms with Gasteiger partial charge in [0.15, 0.2) is 5.69 Å². The summed E-state index contributed by atoms with van der Waals surface area (Å²) in [5.41, 5.74) is 0.573. The zero-order valence-corrected chi connectivity index (χ0v) is 13.1. The average molecular weight is 293 g/mol. The van der Waals surface area contributed by atoms with E-state index < -0.39 is 5.97 Å². The Morgan fingerprint density at radius 2 is 2.24 bits per heavy atom. The first-order valence-electron chi connectivity index (χ1n) is 7.68. The van der Waals surface area contributed by atoms with Gasteiger partial charge in [-0.3, -0.25) is 0 Å². The molecular formula is C16H23NO4. The van der Waals surface area contributed by atoms with Gasteiger partial charge in [0.1, 0.15) is 12.4 Å². The van der Waals surface area contributed by atoms with E-state index in [9.17, 15) is 4.79 Å². The second-order valence-corrected chi connectivity index (χ2v) is 6.94. The molecule has 21 heavy (non-hydrogen) atoms. The van der Waals surface area contributed by atoms with Crippen LogP contribution >= 0.6 is 0 Å². The normalized spacial score (nSPS) is 33.1. The number of hydrogen-bond acceptors (Lipinski definition) is 5. The number of ether oxygens (including phenoxy) is 2. The lowest BCUT2D eigenvalue weighted by atomic mass is 9.70. The number of rotatable bonds is 4. The number of nitrogens with zero attached hydrogens (tertiary/aromatic N) is 1. The molecular weight excluding hydrogens is 270 g/mol. The number of hydrogen-bond donors (Lipinski definition) is 0. The van der Waals surface area contributed by atoms with E-state index >= 15 is 0 Å². The third-order valence-corrected chi connectivity index (χ3v) is 5.92. The van der Waals surface area contributed by atoms with Gasteiger partial charge in [0.2, 0.25) is 0 Å². The van der Waals surface area contributed by atoms with E-state index in [4.69, 9.17) is 13.9 Å². The summed E-state index contributed by atoms with van der Waals surface area (Å²) in [6, 6.07) is 0. The Morgan fingerprint density at radius 1 is 1.48 bits per heavy atom. The van der Waals surface area contributed by atoms with Gasteiger partial charge in [0, 0.05) is 5.41 Å². The highest BCUT2D eigenvalue weighted by Crippen LogP contribution is 2.66. The van der Waals surface area contributed by atoms with Crippen LogP contribution < -0.4 is 4.74 Å². The summed E-state index contributed by atoms with van der Waals surface area (Å²) < 4.78 is 16.1. The molecule has 2 aliphatic rings. The summed E-state index contributed by atoms with van der Waals surface area (Å²) in [5, 5.41) is 0. The molecule has 5 nitrogen and oxygen atoms in total. The van der Waals surface area contributed by atoms with Crippen molar-refractivity contribution in [2.75, 3.05) is 6.61 Å². The molecule has 2 saturated carbocycles. The van der Waals surface area contributed by atoms with E-state index in [1.165, 1.54) is 19.1 Å². The first kappa shape index (κ1) is 14.4. The molecule has 1 heterocycles. The molecule has 1 aromatic rings. The van der Waals surface area contributed by atoms with Crippen molar-refractivity contribution in [1.29, 1.82) is 0 Å². The Kier molecular flexibility index (Phi) is 3.26. The van der Waals surface area contributed by atoms with E-state index in [0.717, 1.165) is 6.42 Å². The van der Waals surface area contributed by atoms with Crippen LogP contribution in [0.1, 0.15) is 57.4 Å². The van der Waals surface area contributed by atoms with Crippen molar-refractivity contribution >= 4 is 5.97 Å². The molecule has 0 saturated heterocycles. The molecule has 2 bridgehead atoms. The Morgan fingerprint density at radius 3 is 2.81 bits per heavy atom. The maximum absolute atomic E-state index is 11.6. The lowest BCUT2D eigenvalue weighted by Crippen LogP contribution is -2.38. The smallest absolute Gasteiger partial charge is 0.394 e. The van der Waals surface area contributed by atoms with Crippen LogP contribution in [0.4, 0.5) is 0 Å². The van der Waals surface area contributed by atoms with Crippen LogP contribution in [0, 0.1) is 16.7 Å². The maximum Gasteiger partial charge on any atom is 0.394 e. The lowest BCUT2D eigenvalue weighted by molar-refractivity contribution is 0.0117. The van der Waals surface area contributed by atoms with Crippen molar-refractivity contribution < 1.29 is 18.7 Å². The first-order chi connectivity index (χ1) is 9.88. The largest absolute Gasteiger partial charge is 0.461 e. The van der Waals surface area contributed by atoms with E-state index in [1.807, 2.05) is 0 Å². The van der Waals surface area contributed by atoms with E-state index in [-0.39, 0.29) is 28.7 Å². The van der Waals surface area contributed by atoms with Crippen molar-refractivity contribution in [3.8, 4) is 6.08 Å². The van der Waals surface area contributed by atoms with Gasteiger partial charge in [0.25, 0.3) is 0 Å². The monoisotopic (exact) mass is 293 g/mol. The van der Waals surface area contributed by atoms with Crippen LogP contribution in [0.25, 0.3) is 0 Å². The summed E-state index contributed by atoms with van der Waals surface area (Å²) >= 11 is 0. The maximum atomic E-state index is 11.6. The molecule has 0 spiro atoms. The van der Waals surface area contributed by atoms with Crippen molar-refractivity contribution in [2.45, 2.75) is 53.1 Å². The van der Waals surface area contributed by atoms with Crippen LogP contribution in [-0.2, 0) is 4.74 Å². The van der Waals surface area contributed by atoms with Gasteiger partial charge in [-0.25, -0.2) is 4.79 Å². The molecule has 3 atom stereocenters. The number of oxazole rings is 1. The predicted molar refractivity (Wildman–Crippen MR) is 76.1 cm³/mol. The highest BCUT2D eigenvalue weighted by Gasteiger charge is 2.62. The zero-order valence-electron chi connectivity index (χ0n) is 13.1. The van der Waals surface area contributed by atoms with Gasteiger partial charge in [-0.1, -0.05) is 20.8 Å². The minimum atomic E-state index is -0.476. The van der Waals surface area contributed by atoms with Crippen molar-refractivity contribution in [2.24, 2.45) is 16.7 Å². The minimum absolute atomic E-state index is 0.0972. The van der Waals surface area contributed by atoms with Gasteiger partial charge in [-0.05, 0) is 37.5 Å². The van der Waals surface area contributed by atoms with Gasteiger partial charge < -0.3 is 13.9 Å². The Balaban J connectivity index is 1.73. The fourth-order valence-electron chi connectivity index (χ4n) is 4.04. The third-order valence-electron chi connectivity index (χ3n) is 5.92. The third kappa shape index (κ3) is 2.05. The number of carbonyl (C=O) groups excluding carboxylic acids is 1. The molecule has 2 fully saturated rings. The Hall–Kier alpha value is -1.52. The van der Waals surface area contributed by atoms with Crippen molar-refractivity contribution in [1.82, 2.24) is 4.98 Å². The van der Waals surface area contributed by atoms with Gasteiger partial charge in [-0.15, -0.1) is 0 Å². The van der Waals surface area contributed by atoms with E-state index in [1.54, 1.807) is 6.92 Å². The number of esters is 1. The zero-order chi connectivity index (χ0) is 15.3. The van der Waals surface area contributed by atoms with Crippen LogP contribution in [0.5, 0.6) is 6.08 Å². The van der Waals surface area contributed by atoms with Gasteiger partial charge >= 0.3 is 12.0 Å². The van der Waals surface area contributed by atoms with Crippen molar-refractivity contribution in [3.63, 3.8) is 0 Å². The Bertz CT molecular complexity index is 550. The summed E-state index contributed by atoms with van der Waals surface area (Å²) in [6.07, 6.45) is 5.03. The quantitative estimate of drug-likeness (QED) is 0.796. The SMILES string of the molecule is CCOC(=O)c1coc(OC2CC3CCC2(C)C3(C)C)n1. The molecule has 0 amide bonds. The molecule has 0 N–H and O–H groups in total. The summed E-state index contributed by atoms with van der Waals surface area (Å²) in [6.45, 7) is 9.02. The summed E-state index contributed by atoms with van der Waals surface area (Å²) in [4.78, 5) is 15.7. The van der Waals surface area contributed by atoms with Gasteiger partial charge in [0.05, 0.1) is 6.61 Å². The minimum Gasteiger partial charge on any atom is -0.461 e. The number of aromatic nitrogens is 1. The Labute approximate surface area is 125 Å². The van der Waals surface area contributed by atoms with E-state index in [0.29, 0.717) is 12.5 Å². The summed E-state index contributed by atoms with van der Waals surface area (Å²) in [7, 11) is 0. The van der Waals surface area contributed by atoms with E-state index in [2.05, 4.69) is 25.8 Å². The van der Waals surface area contributed by atoms with Crippen LogP contribution in [0.3, 0.4) is 0 Å². The van der Waals surface area contributed by atoms with Crippen LogP contribution in [-0.4, -0.2) is 23.7 Å². The standard InChI is InChI=1S/C16H23NO4/c1-5-19-13(18)11-9-20-14(17-11)21-12-8-10-6-7-16(12,4)15(10,2)3/h9-10,12H,5-8H2,1-4H3. The predicted octanol–water partition coefficient (Wildman–Crippen LogP) is 3.44. The molecule has 0 aromatic carbocycles. The van der Waals surface area contributed by atoms with Crippen molar-refractivity contribution in [3.05, 3.63) is 12.0 Å². The van der Waals surface area contributed by atoms with Crippen LogP contribution in [0.2, 0.25) is 0 Å². The average Bonchev–Trinajstić information content (AvgIpc) is 3.02.